The summed E-state index contributed by atoms with van der Waals surface area (Å²) in [5.41, 5.74) is 2.57. The summed E-state index contributed by atoms with van der Waals surface area (Å²) < 4.78 is 0. The predicted octanol–water partition coefficient (Wildman–Crippen LogP) is 3.26. The summed E-state index contributed by atoms with van der Waals surface area (Å²) in [5.74, 6) is 0.397. The van der Waals surface area contributed by atoms with Crippen LogP contribution in [0.1, 0.15) is 32.8 Å². The van der Waals surface area contributed by atoms with E-state index < -0.39 is 0 Å². The summed E-state index contributed by atoms with van der Waals surface area (Å²) >= 11 is 0. The third-order valence-corrected chi connectivity index (χ3v) is 3.36. The minimum atomic E-state index is 0.134. The Bertz CT molecular complexity index is 431. The summed E-state index contributed by atoms with van der Waals surface area (Å²) in [6.45, 7) is 6.59. The molecule has 0 aliphatic carbocycles. The summed E-state index contributed by atoms with van der Waals surface area (Å²) in [6.07, 6.45) is 1.83. The molecule has 1 aromatic carbocycles. The monoisotopic (exact) mass is 231 g/mol. The second-order valence-corrected chi connectivity index (χ2v) is 6.19. The van der Waals surface area contributed by atoms with Gasteiger partial charge in [0.25, 0.3) is 0 Å². The standard InChI is InChI=1S/C15H21NO/c1-15(2,3)10-12-9-11-7-5-6-8-13(11)16(4)14(12)17/h5-8,12H,9-10H2,1-4H3. The van der Waals surface area contributed by atoms with E-state index in [1.165, 1.54) is 5.56 Å². The van der Waals surface area contributed by atoms with Crippen LogP contribution in [0.15, 0.2) is 24.3 Å². The first-order valence-electron chi connectivity index (χ1n) is 6.24. The van der Waals surface area contributed by atoms with Crippen molar-refractivity contribution >= 4 is 11.6 Å². The van der Waals surface area contributed by atoms with Gasteiger partial charge in [-0.15, -0.1) is 0 Å². The van der Waals surface area contributed by atoms with Gasteiger partial charge in [-0.1, -0.05) is 39.0 Å². The van der Waals surface area contributed by atoms with E-state index in [1.54, 1.807) is 0 Å². The van der Waals surface area contributed by atoms with E-state index in [0.717, 1.165) is 18.5 Å². The number of hydrogen-bond acceptors (Lipinski definition) is 1. The van der Waals surface area contributed by atoms with Crippen molar-refractivity contribution in [3.8, 4) is 0 Å². The molecule has 0 spiro atoms. The zero-order valence-corrected chi connectivity index (χ0v) is 11.2. The number of amides is 1. The molecule has 0 bridgehead atoms. The fourth-order valence-corrected chi connectivity index (χ4v) is 2.65. The summed E-state index contributed by atoms with van der Waals surface area (Å²) in [7, 11) is 1.88. The van der Waals surface area contributed by atoms with Crippen LogP contribution in [0.4, 0.5) is 5.69 Å². The van der Waals surface area contributed by atoms with Gasteiger partial charge in [0.2, 0.25) is 5.91 Å². The molecule has 1 heterocycles. The SMILES string of the molecule is CN1C(=O)C(CC(C)(C)C)Cc2ccccc21. The molecule has 0 saturated carbocycles. The molecule has 17 heavy (non-hydrogen) atoms. The Morgan fingerprint density at radius 2 is 1.94 bits per heavy atom. The normalized spacial score (nSPS) is 20.4. The molecule has 1 aliphatic rings. The molecule has 1 unspecified atom stereocenters. The molecule has 1 amide bonds. The zero-order chi connectivity index (χ0) is 12.6. The van der Waals surface area contributed by atoms with Crippen LogP contribution in [0.3, 0.4) is 0 Å². The quantitative estimate of drug-likeness (QED) is 0.726. The van der Waals surface area contributed by atoms with Gasteiger partial charge < -0.3 is 4.90 Å². The minimum absolute atomic E-state index is 0.134. The summed E-state index contributed by atoms with van der Waals surface area (Å²) in [4.78, 5) is 14.1. The van der Waals surface area contributed by atoms with Crippen LogP contribution in [0.25, 0.3) is 0 Å². The van der Waals surface area contributed by atoms with Gasteiger partial charge in [0, 0.05) is 18.7 Å². The van der Waals surface area contributed by atoms with Crippen molar-refractivity contribution in [3.63, 3.8) is 0 Å². The Labute approximate surface area is 104 Å². The van der Waals surface area contributed by atoms with E-state index >= 15 is 0 Å². The number of hydrogen-bond donors (Lipinski definition) is 0. The lowest BCUT2D eigenvalue weighted by Gasteiger charge is -2.34. The van der Waals surface area contributed by atoms with E-state index in [2.05, 4.69) is 32.9 Å². The maximum absolute atomic E-state index is 12.3. The Hall–Kier alpha value is -1.31. The summed E-state index contributed by atoms with van der Waals surface area (Å²) in [6, 6.07) is 8.21. The molecule has 1 aromatic rings. The van der Waals surface area contributed by atoms with Crippen molar-refractivity contribution in [3.05, 3.63) is 29.8 Å². The molecule has 0 N–H and O–H groups in total. The highest BCUT2D eigenvalue weighted by molar-refractivity contribution is 5.97. The van der Waals surface area contributed by atoms with E-state index in [-0.39, 0.29) is 17.2 Å². The van der Waals surface area contributed by atoms with Gasteiger partial charge in [-0.3, -0.25) is 4.79 Å². The Balaban J connectivity index is 2.28. The van der Waals surface area contributed by atoms with Gasteiger partial charge >= 0.3 is 0 Å². The second kappa shape index (κ2) is 4.17. The third-order valence-electron chi connectivity index (χ3n) is 3.36. The maximum atomic E-state index is 12.3. The highest BCUT2D eigenvalue weighted by Gasteiger charge is 2.32. The first kappa shape index (κ1) is 12.2. The smallest absolute Gasteiger partial charge is 0.230 e. The number of para-hydroxylation sites is 1. The van der Waals surface area contributed by atoms with E-state index in [0.29, 0.717) is 0 Å². The van der Waals surface area contributed by atoms with Gasteiger partial charge in [0.05, 0.1) is 0 Å². The number of carbonyl (C=O) groups excluding carboxylic acids is 1. The lowest BCUT2D eigenvalue weighted by Crippen LogP contribution is -2.40. The van der Waals surface area contributed by atoms with Gasteiger partial charge in [-0.25, -0.2) is 0 Å². The van der Waals surface area contributed by atoms with Crippen LogP contribution in [-0.2, 0) is 11.2 Å². The molecule has 2 rings (SSSR count). The number of fused-ring (bicyclic) bond motifs is 1. The van der Waals surface area contributed by atoms with Crippen molar-refractivity contribution < 1.29 is 4.79 Å². The molecule has 0 aromatic heterocycles. The lowest BCUT2D eigenvalue weighted by molar-refractivity contribution is -0.123. The average Bonchev–Trinajstić information content (AvgIpc) is 2.24. The van der Waals surface area contributed by atoms with Crippen LogP contribution in [0.2, 0.25) is 0 Å². The van der Waals surface area contributed by atoms with Crippen LogP contribution >= 0.6 is 0 Å². The molecular formula is C15H21NO. The molecule has 2 heteroatoms. The molecule has 1 aliphatic heterocycles. The van der Waals surface area contributed by atoms with Crippen molar-refractivity contribution in [1.29, 1.82) is 0 Å². The van der Waals surface area contributed by atoms with Crippen molar-refractivity contribution in [2.45, 2.75) is 33.6 Å². The summed E-state index contributed by atoms with van der Waals surface area (Å²) in [5, 5.41) is 0. The Morgan fingerprint density at radius 3 is 2.59 bits per heavy atom. The molecule has 0 saturated heterocycles. The molecule has 0 fully saturated rings. The van der Waals surface area contributed by atoms with E-state index in [9.17, 15) is 4.79 Å². The molecule has 2 nitrogen and oxygen atoms in total. The number of carbonyl (C=O) groups is 1. The maximum Gasteiger partial charge on any atom is 0.230 e. The van der Waals surface area contributed by atoms with Crippen LogP contribution < -0.4 is 4.90 Å². The molecule has 92 valence electrons. The van der Waals surface area contributed by atoms with Crippen LogP contribution in [-0.4, -0.2) is 13.0 Å². The fourth-order valence-electron chi connectivity index (χ4n) is 2.65. The fraction of sp³-hybridized carbons (Fsp3) is 0.533. The first-order valence-corrected chi connectivity index (χ1v) is 6.24. The Morgan fingerprint density at radius 1 is 1.29 bits per heavy atom. The van der Waals surface area contributed by atoms with E-state index in [1.807, 2.05) is 24.1 Å². The molecule has 1 atom stereocenters. The van der Waals surface area contributed by atoms with Gasteiger partial charge in [0.15, 0.2) is 0 Å². The van der Waals surface area contributed by atoms with Crippen LogP contribution in [0, 0.1) is 11.3 Å². The van der Waals surface area contributed by atoms with Gasteiger partial charge in [-0.2, -0.15) is 0 Å². The predicted molar refractivity (Wildman–Crippen MR) is 71.1 cm³/mol. The zero-order valence-electron chi connectivity index (χ0n) is 11.2. The topological polar surface area (TPSA) is 20.3 Å². The molecular weight excluding hydrogens is 210 g/mol. The largest absolute Gasteiger partial charge is 0.315 e. The number of nitrogens with zero attached hydrogens (tertiary/aromatic N) is 1. The first-order chi connectivity index (χ1) is 7.88. The van der Waals surface area contributed by atoms with Gasteiger partial charge in [-0.05, 0) is 29.9 Å². The van der Waals surface area contributed by atoms with Crippen molar-refractivity contribution in [2.75, 3.05) is 11.9 Å². The average molecular weight is 231 g/mol. The second-order valence-electron chi connectivity index (χ2n) is 6.19. The minimum Gasteiger partial charge on any atom is -0.315 e. The number of rotatable bonds is 1. The van der Waals surface area contributed by atoms with Crippen LogP contribution in [0.5, 0.6) is 0 Å². The van der Waals surface area contributed by atoms with E-state index in [4.69, 9.17) is 0 Å². The third kappa shape index (κ3) is 2.51. The Kier molecular flexibility index (Phi) is 2.98. The highest BCUT2D eigenvalue weighted by atomic mass is 16.2. The van der Waals surface area contributed by atoms with Crippen molar-refractivity contribution in [1.82, 2.24) is 0 Å². The van der Waals surface area contributed by atoms with Crippen molar-refractivity contribution in [2.24, 2.45) is 11.3 Å². The van der Waals surface area contributed by atoms with Gasteiger partial charge in [0.1, 0.15) is 0 Å². The number of anilines is 1. The lowest BCUT2D eigenvalue weighted by atomic mass is 9.79. The highest BCUT2D eigenvalue weighted by Crippen LogP contribution is 2.35. The number of benzene rings is 1. The molecule has 0 radical (unpaired) electrons.